The Kier molecular flexibility index (Phi) is 5.85. The SMILES string of the molecule is COCOCc1c(C)nc(S(C)(=O)=O)c(C#N)c1-c1ccccc1F. The van der Waals surface area contributed by atoms with Crippen molar-refractivity contribution < 1.29 is 22.3 Å². The summed E-state index contributed by atoms with van der Waals surface area (Å²) in [5.74, 6) is -0.572. The number of nitrogens with zero attached hydrogens (tertiary/aromatic N) is 2. The number of hydrogen-bond acceptors (Lipinski definition) is 6. The van der Waals surface area contributed by atoms with Crippen molar-refractivity contribution in [1.82, 2.24) is 4.98 Å². The first-order chi connectivity index (χ1) is 11.8. The standard InChI is InChI=1S/C17H17FN2O4S/c1-11-14(9-24-10-23-2)16(12-6-4-5-7-15(12)18)13(8-19)17(20-11)25(3,21)22/h4-7H,9-10H2,1-3H3. The van der Waals surface area contributed by atoms with Gasteiger partial charge in [0, 0.05) is 35.7 Å². The van der Waals surface area contributed by atoms with Crippen LogP contribution in [0.3, 0.4) is 0 Å². The lowest BCUT2D eigenvalue weighted by atomic mass is 9.95. The van der Waals surface area contributed by atoms with E-state index >= 15 is 0 Å². The predicted octanol–water partition coefficient (Wildman–Crippen LogP) is 2.59. The first-order valence-electron chi connectivity index (χ1n) is 7.26. The van der Waals surface area contributed by atoms with Gasteiger partial charge < -0.3 is 9.47 Å². The van der Waals surface area contributed by atoms with Crippen LogP contribution in [0.15, 0.2) is 29.3 Å². The molecule has 0 atom stereocenters. The molecule has 2 rings (SSSR count). The third-order valence-corrected chi connectivity index (χ3v) is 4.52. The Hall–Kier alpha value is -2.34. The monoisotopic (exact) mass is 364 g/mol. The molecule has 0 bridgehead atoms. The van der Waals surface area contributed by atoms with Gasteiger partial charge in [0.05, 0.1) is 12.2 Å². The topological polar surface area (TPSA) is 89.3 Å². The lowest BCUT2D eigenvalue weighted by Crippen LogP contribution is -2.12. The maximum Gasteiger partial charge on any atom is 0.194 e. The number of ether oxygens (including phenoxy) is 2. The summed E-state index contributed by atoms with van der Waals surface area (Å²) < 4.78 is 48.6. The van der Waals surface area contributed by atoms with Crippen LogP contribution < -0.4 is 0 Å². The van der Waals surface area contributed by atoms with Crippen molar-refractivity contribution in [2.75, 3.05) is 20.2 Å². The quantitative estimate of drug-likeness (QED) is 0.578. The lowest BCUT2D eigenvalue weighted by molar-refractivity contribution is -0.0391. The van der Waals surface area contributed by atoms with Crippen LogP contribution in [0.1, 0.15) is 16.8 Å². The largest absolute Gasteiger partial charge is 0.359 e. The van der Waals surface area contributed by atoms with Crippen LogP contribution in [0.4, 0.5) is 4.39 Å². The molecule has 0 amide bonds. The van der Waals surface area contributed by atoms with Crippen molar-refractivity contribution in [2.24, 2.45) is 0 Å². The summed E-state index contributed by atoms with van der Waals surface area (Å²) in [6.45, 7) is 1.58. The predicted molar refractivity (Wildman–Crippen MR) is 88.9 cm³/mol. The normalized spacial score (nSPS) is 11.3. The zero-order valence-electron chi connectivity index (χ0n) is 14.0. The molecular formula is C17H17FN2O4S. The molecule has 0 fully saturated rings. The van der Waals surface area contributed by atoms with Gasteiger partial charge in [-0.25, -0.2) is 17.8 Å². The fourth-order valence-electron chi connectivity index (χ4n) is 2.45. The Morgan fingerprint density at radius 2 is 2.00 bits per heavy atom. The number of halogens is 1. The second-order valence-corrected chi connectivity index (χ2v) is 7.28. The van der Waals surface area contributed by atoms with E-state index in [1.165, 1.54) is 25.3 Å². The third-order valence-electron chi connectivity index (χ3n) is 3.53. The Balaban J connectivity index is 2.85. The molecular weight excluding hydrogens is 347 g/mol. The first kappa shape index (κ1) is 19.0. The number of hydrogen-bond donors (Lipinski definition) is 0. The molecule has 1 aromatic carbocycles. The third kappa shape index (κ3) is 4.02. The minimum absolute atomic E-state index is 0.00490. The van der Waals surface area contributed by atoms with Crippen LogP contribution in [0, 0.1) is 24.1 Å². The molecule has 0 saturated heterocycles. The van der Waals surface area contributed by atoms with Crippen LogP contribution in [-0.4, -0.2) is 33.6 Å². The summed E-state index contributed by atoms with van der Waals surface area (Å²) in [6, 6.07) is 7.70. The highest BCUT2D eigenvalue weighted by molar-refractivity contribution is 7.90. The van der Waals surface area contributed by atoms with E-state index < -0.39 is 15.7 Å². The van der Waals surface area contributed by atoms with E-state index in [0.717, 1.165) is 6.26 Å². The first-order valence-corrected chi connectivity index (χ1v) is 9.15. The molecule has 0 aliphatic heterocycles. The Bertz CT molecular complexity index is 936. The van der Waals surface area contributed by atoms with Crippen molar-refractivity contribution in [1.29, 1.82) is 5.26 Å². The summed E-state index contributed by atoms with van der Waals surface area (Å²) in [6.07, 6.45) is 0.960. The lowest BCUT2D eigenvalue weighted by Gasteiger charge is -2.17. The number of pyridine rings is 1. The number of rotatable bonds is 6. The summed E-state index contributed by atoms with van der Waals surface area (Å²) in [5.41, 5.74) is 0.865. The van der Waals surface area contributed by atoms with E-state index in [4.69, 9.17) is 9.47 Å². The van der Waals surface area contributed by atoms with Crippen molar-refractivity contribution in [3.63, 3.8) is 0 Å². The molecule has 0 aliphatic rings. The zero-order valence-corrected chi connectivity index (χ0v) is 14.9. The van der Waals surface area contributed by atoms with Crippen LogP contribution in [0.5, 0.6) is 0 Å². The molecule has 132 valence electrons. The Morgan fingerprint density at radius 1 is 1.32 bits per heavy atom. The number of aryl methyl sites for hydroxylation is 1. The number of benzene rings is 1. The summed E-state index contributed by atoms with van der Waals surface area (Å²) in [7, 11) is -2.32. The minimum Gasteiger partial charge on any atom is -0.359 e. The van der Waals surface area contributed by atoms with Gasteiger partial charge in [0.2, 0.25) is 0 Å². The van der Waals surface area contributed by atoms with E-state index in [9.17, 15) is 18.1 Å². The maximum atomic E-state index is 14.4. The molecule has 0 N–H and O–H groups in total. The van der Waals surface area contributed by atoms with Gasteiger partial charge in [0.1, 0.15) is 18.7 Å². The van der Waals surface area contributed by atoms with Crippen LogP contribution >= 0.6 is 0 Å². The molecule has 1 aromatic heterocycles. The van der Waals surface area contributed by atoms with E-state index in [1.54, 1.807) is 13.0 Å². The fourth-order valence-corrected chi connectivity index (χ4v) is 3.27. The summed E-state index contributed by atoms with van der Waals surface area (Å²) >= 11 is 0. The highest BCUT2D eigenvalue weighted by Crippen LogP contribution is 2.34. The van der Waals surface area contributed by atoms with Gasteiger partial charge in [-0.1, -0.05) is 18.2 Å². The van der Waals surface area contributed by atoms with Gasteiger partial charge in [-0.05, 0) is 13.0 Å². The maximum absolute atomic E-state index is 14.4. The van der Waals surface area contributed by atoms with Crippen molar-refractivity contribution in [2.45, 2.75) is 18.6 Å². The van der Waals surface area contributed by atoms with Crippen molar-refractivity contribution in [3.05, 3.63) is 46.9 Å². The Morgan fingerprint density at radius 3 is 2.56 bits per heavy atom. The van der Waals surface area contributed by atoms with E-state index in [-0.39, 0.29) is 35.1 Å². The second kappa shape index (κ2) is 7.70. The van der Waals surface area contributed by atoms with Gasteiger partial charge in [-0.3, -0.25) is 0 Å². The Labute approximate surface area is 145 Å². The fraction of sp³-hybridized carbons (Fsp3) is 0.294. The molecule has 2 aromatic rings. The summed E-state index contributed by atoms with van der Waals surface area (Å²) in [5, 5.41) is 9.19. The molecule has 1 heterocycles. The van der Waals surface area contributed by atoms with E-state index in [0.29, 0.717) is 11.3 Å². The van der Waals surface area contributed by atoms with Gasteiger partial charge in [0.25, 0.3) is 0 Å². The summed E-state index contributed by atoms with van der Waals surface area (Å²) in [4.78, 5) is 4.06. The molecule has 0 unspecified atom stereocenters. The highest BCUT2D eigenvalue weighted by atomic mass is 32.2. The molecule has 0 aliphatic carbocycles. The average Bonchev–Trinajstić information content (AvgIpc) is 2.55. The smallest absolute Gasteiger partial charge is 0.194 e. The second-order valence-electron chi connectivity index (χ2n) is 5.35. The van der Waals surface area contributed by atoms with E-state index in [2.05, 4.69) is 4.98 Å². The van der Waals surface area contributed by atoms with Gasteiger partial charge >= 0.3 is 0 Å². The van der Waals surface area contributed by atoms with Gasteiger partial charge in [-0.2, -0.15) is 5.26 Å². The highest BCUT2D eigenvalue weighted by Gasteiger charge is 2.26. The molecule has 0 spiro atoms. The molecule has 25 heavy (non-hydrogen) atoms. The van der Waals surface area contributed by atoms with Crippen molar-refractivity contribution in [3.8, 4) is 17.2 Å². The van der Waals surface area contributed by atoms with Crippen LogP contribution in [0.2, 0.25) is 0 Å². The van der Waals surface area contributed by atoms with Gasteiger partial charge in [0.15, 0.2) is 14.9 Å². The molecule has 8 heteroatoms. The number of aromatic nitrogens is 1. The number of methoxy groups -OCH3 is 1. The zero-order chi connectivity index (χ0) is 18.6. The average molecular weight is 364 g/mol. The van der Waals surface area contributed by atoms with E-state index in [1.807, 2.05) is 6.07 Å². The van der Waals surface area contributed by atoms with Gasteiger partial charge in [-0.15, -0.1) is 0 Å². The van der Waals surface area contributed by atoms with Crippen molar-refractivity contribution >= 4 is 9.84 Å². The van der Waals surface area contributed by atoms with Crippen LogP contribution in [0.25, 0.3) is 11.1 Å². The molecule has 0 saturated carbocycles. The molecule has 0 radical (unpaired) electrons. The minimum atomic E-state index is -3.77. The number of sulfone groups is 1. The van der Waals surface area contributed by atoms with Crippen LogP contribution in [-0.2, 0) is 25.9 Å². The molecule has 6 nitrogen and oxygen atoms in total. The number of nitriles is 1.